The highest BCUT2D eigenvalue weighted by Crippen LogP contribution is 2.45. The van der Waals surface area contributed by atoms with E-state index in [4.69, 9.17) is 16.3 Å². The summed E-state index contributed by atoms with van der Waals surface area (Å²) >= 11 is 6.18. The van der Waals surface area contributed by atoms with Gasteiger partial charge in [0.2, 0.25) is 5.88 Å². The summed E-state index contributed by atoms with van der Waals surface area (Å²) in [4.78, 5) is 8.43. The topological polar surface area (TPSA) is 47.0 Å². The number of alkyl halides is 1. The molecule has 0 radical (unpaired) electrons. The minimum atomic E-state index is 0.0881. The summed E-state index contributed by atoms with van der Waals surface area (Å²) in [6, 6.07) is 0.344. The van der Waals surface area contributed by atoms with Crippen LogP contribution in [0.4, 0.5) is 5.82 Å². The molecule has 0 bridgehead atoms. The van der Waals surface area contributed by atoms with Gasteiger partial charge in [-0.25, -0.2) is 0 Å². The molecule has 0 aliphatic heterocycles. The predicted octanol–water partition coefficient (Wildman–Crippen LogP) is 2.69. The maximum atomic E-state index is 6.18. The number of anilines is 1. The number of halogens is 1. The van der Waals surface area contributed by atoms with E-state index in [1.54, 1.807) is 12.4 Å². The van der Waals surface area contributed by atoms with Crippen molar-refractivity contribution in [1.82, 2.24) is 9.97 Å². The Morgan fingerprint density at radius 2 is 2.29 bits per heavy atom. The molecular weight excluding hydrogens is 238 g/mol. The molecule has 1 aromatic rings. The highest BCUT2D eigenvalue weighted by atomic mass is 35.5. The smallest absolute Gasteiger partial charge is 0.234 e. The average molecular weight is 256 g/mol. The van der Waals surface area contributed by atoms with Crippen LogP contribution in [0.2, 0.25) is 0 Å². The lowest BCUT2D eigenvalue weighted by Gasteiger charge is -2.49. The Hall–Kier alpha value is -1.03. The lowest BCUT2D eigenvalue weighted by molar-refractivity contribution is 0.168. The fraction of sp³-hybridized carbons (Fsp3) is 0.667. The first-order valence-corrected chi connectivity index (χ1v) is 6.33. The second kappa shape index (κ2) is 4.69. The van der Waals surface area contributed by atoms with Crippen molar-refractivity contribution >= 4 is 17.4 Å². The monoisotopic (exact) mass is 255 g/mol. The number of aromatic nitrogens is 2. The Labute approximate surface area is 107 Å². The van der Waals surface area contributed by atoms with E-state index in [9.17, 15) is 0 Å². The third-order valence-corrected chi connectivity index (χ3v) is 4.12. The molecule has 1 N–H and O–H groups in total. The number of rotatable bonds is 4. The molecule has 0 spiro atoms. The summed E-state index contributed by atoms with van der Waals surface area (Å²) in [5.41, 5.74) is 0.0881. The van der Waals surface area contributed by atoms with Gasteiger partial charge in [0.15, 0.2) is 0 Å². The first-order valence-electron chi connectivity index (χ1n) is 5.89. The van der Waals surface area contributed by atoms with Crippen molar-refractivity contribution in [2.75, 3.05) is 11.9 Å². The van der Waals surface area contributed by atoms with E-state index < -0.39 is 0 Å². The lowest BCUT2D eigenvalue weighted by atomic mass is 9.67. The van der Waals surface area contributed by atoms with E-state index in [0.717, 1.165) is 12.2 Å². The van der Waals surface area contributed by atoms with Gasteiger partial charge in [-0.2, -0.15) is 4.98 Å². The first kappa shape index (κ1) is 12.4. The highest BCUT2D eigenvalue weighted by molar-refractivity contribution is 6.21. The van der Waals surface area contributed by atoms with Gasteiger partial charge in [0.05, 0.1) is 19.0 Å². The van der Waals surface area contributed by atoms with Crippen LogP contribution in [0, 0.1) is 5.41 Å². The molecule has 0 saturated heterocycles. The molecule has 1 saturated carbocycles. The van der Waals surface area contributed by atoms with Crippen molar-refractivity contribution < 1.29 is 4.74 Å². The van der Waals surface area contributed by atoms with Crippen molar-refractivity contribution in [1.29, 1.82) is 0 Å². The quantitative estimate of drug-likeness (QED) is 0.841. The molecule has 4 nitrogen and oxygen atoms in total. The Kier molecular flexibility index (Phi) is 3.43. The van der Waals surface area contributed by atoms with Gasteiger partial charge in [0, 0.05) is 16.8 Å². The number of nitrogens with zero attached hydrogens (tertiary/aromatic N) is 2. The van der Waals surface area contributed by atoms with Gasteiger partial charge < -0.3 is 10.1 Å². The molecule has 2 unspecified atom stereocenters. The zero-order valence-corrected chi connectivity index (χ0v) is 11.2. The van der Waals surface area contributed by atoms with Gasteiger partial charge in [-0.05, 0) is 13.3 Å². The van der Waals surface area contributed by atoms with Crippen LogP contribution in [0.25, 0.3) is 0 Å². The molecule has 17 heavy (non-hydrogen) atoms. The van der Waals surface area contributed by atoms with E-state index in [2.05, 4.69) is 29.1 Å². The fourth-order valence-corrected chi connectivity index (χ4v) is 2.26. The zero-order valence-electron chi connectivity index (χ0n) is 10.4. The number of ether oxygens (including phenoxy) is 1. The Bertz CT molecular complexity index is 397. The highest BCUT2D eigenvalue weighted by Gasteiger charge is 2.47. The Morgan fingerprint density at radius 1 is 1.53 bits per heavy atom. The van der Waals surface area contributed by atoms with Crippen LogP contribution in [0.5, 0.6) is 5.88 Å². The van der Waals surface area contributed by atoms with Crippen molar-refractivity contribution in [2.24, 2.45) is 5.41 Å². The van der Waals surface area contributed by atoms with Crippen LogP contribution < -0.4 is 10.1 Å². The van der Waals surface area contributed by atoms with E-state index >= 15 is 0 Å². The van der Waals surface area contributed by atoms with Gasteiger partial charge >= 0.3 is 0 Å². The van der Waals surface area contributed by atoms with Gasteiger partial charge in [-0.1, -0.05) is 13.8 Å². The van der Waals surface area contributed by atoms with Gasteiger partial charge in [0.25, 0.3) is 0 Å². The largest absolute Gasteiger partial charge is 0.477 e. The summed E-state index contributed by atoms with van der Waals surface area (Å²) in [6.45, 7) is 6.84. The van der Waals surface area contributed by atoms with Crippen LogP contribution in [-0.2, 0) is 0 Å². The lowest BCUT2D eigenvalue weighted by Crippen LogP contribution is -2.54. The van der Waals surface area contributed by atoms with Crippen molar-refractivity contribution in [2.45, 2.75) is 38.6 Å². The van der Waals surface area contributed by atoms with Crippen LogP contribution in [0.1, 0.15) is 27.2 Å². The molecule has 1 fully saturated rings. The van der Waals surface area contributed by atoms with Gasteiger partial charge in [-0.15, -0.1) is 11.6 Å². The maximum Gasteiger partial charge on any atom is 0.234 e. The third-order valence-electron chi connectivity index (χ3n) is 3.37. The molecule has 2 atom stereocenters. The first-order chi connectivity index (χ1) is 8.04. The molecule has 0 amide bonds. The number of hydrogen-bond acceptors (Lipinski definition) is 4. The van der Waals surface area contributed by atoms with E-state index in [-0.39, 0.29) is 10.8 Å². The van der Waals surface area contributed by atoms with Crippen LogP contribution in [0.3, 0.4) is 0 Å². The molecule has 0 aromatic carbocycles. The van der Waals surface area contributed by atoms with E-state index in [0.29, 0.717) is 18.5 Å². The van der Waals surface area contributed by atoms with Crippen LogP contribution in [-0.4, -0.2) is 28.0 Å². The summed E-state index contributed by atoms with van der Waals surface area (Å²) in [5, 5.41) is 3.58. The molecular formula is C12H18ClN3O. The maximum absolute atomic E-state index is 6.18. The summed E-state index contributed by atoms with van der Waals surface area (Å²) in [5.74, 6) is 1.30. The van der Waals surface area contributed by atoms with Crippen molar-refractivity contribution in [3.8, 4) is 5.88 Å². The predicted molar refractivity (Wildman–Crippen MR) is 68.7 cm³/mol. The molecule has 1 aliphatic rings. The van der Waals surface area contributed by atoms with Gasteiger partial charge in [-0.3, -0.25) is 4.98 Å². The molecule has 94 valence electrons. The van der Waals surface area contributed by atoms with E-state index in [1.165, 1.54) is 0 Å². The second-order valence-corrected chi connectivity index (χ2v) is 5.42. The fourth-order valence-electron chi connectivity index (χ4n) is 1.93. The third kappa shape index (κ3) is 2.46. The van der Waals surface area contributed by atoms with Crippen molar-refractivity contribution in [3.63, 3.8) is 0 Å². The summed E-state index contributed by atoms with van der Waals surface area (Å²) in [7, 11) is 0. The molecule has 1 aliphatic carbocycles. The Morgan fingerprint density at radius 3 is 2.88 bits per heavy atom. The molecule has 2 rings (SSSR count). The van der Waals surface area contributed by atoms with Crippen LogP contribution >= 0.6 is 11.6 Å². The average Bonchev–Trinajstić information content (AvgIpc) is 2.30. The molecule has 5 heteroatoms. The Balaban J connectivity index is 2.02. The zero-order chi connectivity index (χ0) is 12.5. The SMILES string of the molecule is CCOc1cncc(NC2CC(Cl)C2(C)C)n1. The summed E-state index contributed by atoms with van der Waals surface area (Å²) < 4.78 is 5.31. The standard InChI is InChI=1S/C12H18ClN3O/c1-4-17-11-7-14-6-10(16-11)15-9-5-8(13)12(9,2)3/h6-9H,4-5H2,1-3H3,(H,15,16). The van der Waals surface area contributed by atoms with E-state index in [1.807, 2.05) is 6.92 Å². The molecule has 1 heterocycles. The van der Waals surface area contributed by atoms with Crippen LogP contribution in [0.15, 0.2) is 12.4 Å². The van der Waals surface area contributed by atoms with Gasteiger partial charge in [0.1, 0.15) is 5.82 Å². The normalized spacial score (nSPS) is 26.1. The summed E-state index contributed by atoms with van der Waals surface area (Å²) in [6.07, 6.45) is 4.28. The number of hydrogen-bond donors (Lipinski definition) is 1. The van der Waals surface area contributed by atoms with Crippen molar-refractivity contribution in [3.05, 3.63) is 12.4 Å². The molecule has 1 aromatic heterocycles. The minimum Gasteiger partial charge on any atom is -0.477 e. The second-order valence-electron chi connectivity index (χ2n) is 4.90. The minimum absolute atomic E-state index is 0.0881. The number of nitrogens with one attached hydrogen (secondary N) is 1.